The molecule has 0 aliphatic rings. The fraction of sp³-hybridized carbons (Fsp3) is 0.550. The first-order valence-corrected chi connectivity index (χ1v) is 17.3. The predicted octanol–water partition coefficient (Wildman–Crippen LogP) is 10.2. The van der Waals surface area contributed by atoms with Crippen LogP contribution in [-0.4, -0.2) is 12.5 Å². The van der Waals surface area contributed by atoms with Crippen LogP contribution in [0.4, 0.5) is 5.69 Å². The molecule has 44 heavy (non-hydrogen) atoms. The monoisotopic (exact) mass is 599 g/mol. The molecule has 0 saturated heterocycles. The Morgan fingerprint density at radius 3 is 2.07 bits per heavy atom. The van der Waals surface area contributed by atoms with Gasteiger partial charge in [0.25, 0.3) is 0 Å². The van der Waals surface area contributed by atoms with Crippen molar-refractivity contribution in [3.63, 3.8) is 0 Å². The van der Waals surface area contributed by atoms with Gasteiger partial charge in [0.15, 0.2) is 18.9 Å². The third kappa shape index (κ3) is 12.5. The van der Waals surface area contributed by atoms with Crippen molar-refractivity contribution in [2.75, 3.05) is 11.9 Å². The van der Waals surface area contributed by atoms with E-state index < -0.39 is 0 Å². The lowest BCUT2D eigenvalue weighted by Crippen LogP contribution is -2.34. The molecule has 0 aliphatic heterocycles. The molecule has 0 radical (unpaired) electrons. The van der Waals surface area contributed by atoms with Crippen molar-refractivity contribution in [2.24, 2.45) is 0 Å². The van der Waals surface area contributed by atoms with Gasteiger partial charge in [-0.25, -0.2) is 4.57 Å². The number of unbranched alkanes of at least 4 members (excludes halogenated alkanes) is 11. The van der Waals surface area contributed by atoms with Gasteiger partial charge in [0.1, 0.15) is 5.75 Å². The number of ether oxygens (including phenoxy) is 1. The van der Waals surface area contributed by atoms with Crippen LogP contribution in [0.2, 0.25) is 0 Å². The molecule has 1 aromatic heterocycles. The highest BCUT2D eigenvalue weighted by molar-refractivity contribution is 5.93. The maximum Gasteiger partial charge on any atom is 0.228 e. The van der Waals surface area contributed by atoms with Gasteiger partial charge in [0, 0.05) is 17.2 Å². The van der Waals surface area contributed by atoms with E-state index in [0.717, 1.165) is 41.2 Å². The number of para-hydroxylation sites is 1. The maximum atomic E-state index is 13.2. The fourth-order valence-corrected chi connectivity index (χ4v) is 5.71. The van der Waals surface area contributed by atoms with E-state index in [1.807, 2.05) is 24.3 Å². The van der Waals surface area contributed by atoms with Gasteiger partial charge in [0.2, 0.25) is 5.91 Å². The number of nitrogens with zero attached hydrogens (tertiary/aromatic N) is 1. The molecule has 0 bridgehead atoms. The Bertz CT molecular complexity index is 1290. The molecule has 4 nitrogen and oxygen atoms in total. The zero-order chi connectivity index (χ0) is 31.8. The smallest absolute Gasteiger partial charge is 0.228 e. The Labute approximate surface area is 268 Å². The lowest BCUT2D eigenvalue weighted by molar-refractivity contribution is -0.688. The highest BCUT2D eigenvalue weighted by Gasteiger charge is 2.21. The van der Waals surface area contributed by atoms with Crippen LogP contribution in [0.3, 0.4) is 0 Å². The molecule has 0 fully saturated rings. The Balaban J connectivity index is 1.47. The number of pyridine rings is 1. The molecular formula is C40H59N2O2+. The predicted molar refractivity (Wildman–Crippen MR) is 186 cm³/mol. The molecule has 1 N–H and O–H groups in total. The third-order valence-electron chi connectivity index (χ3n) is 8.61. The van der Waals surface area contributed by atoms with Crippen LogP contribution >= 0.6 is 0 Å². The van der Waals surface area contributed by atoms with Gasteiger partial charge >= 0.3 is 0 Å². The summed E-state index contributed by atoms with van der Waals surface area (Å²) in [5.41, 5.74) is 6.57. The van der Waals surface area contributed by atoms with Gasteiger partial charge in [-0.05, 0) is 54.5 Å². The summed E-state index contributed by atoms with van der Waals surface area (Å²) < 4.78 is 8.46. The highest BCUT2D eigenvalue weighted by atomic mass is 16.5. The van der Waals surface area contributed by atoms with E-state index in [-0.39, 0.29) is 11.3 Å². The van der Waals surface area contributed by atoms with E-state index in [1.54, 1.807) is 0 Å². The number of carbonyl (C=O) groups excluding carboxylic acids is 1. The first kappa shape index (κ1) is 35.3. The molecule has 4 heteroatoms. The molecular weight excluding hydrogens is 540 g/mol. The molecule has 3 rings (SSSR count). The average Bonchev–Trinajstić information content (AvgIpc) is 2.98. The molecule has 1 heterocycles. The maximum absolute atomic E-state index is 13.2. The van der Waals surface area contributed by atoms with E-state index >= 15 is 0 Å². The number of aryl methyl sites for hydroxylation is 2. The number of carbonyl (C=O) groups is 1. The van der Waals surface area contributed by atoms with E-state index in [9.17, 15) is 4.79 Å². The highest BCUT2D eigenvalue weighted by Crippen LogP contribution is 2.33. The van der Waals surface area contributed by atoms with Crippen LogP contribution in [0, 0.1) is 13.8 Å². The minimum Gasteiger partial charge on any atom is -0.493 e. The largest absolute Gasteiger partial charge is 0.493 e. The minimum absolute atomic E-state index is 0.00689. The number of nitrogens with one attached hydrogen (secondary N) is 1. The molecule has 0 aliphatic carbocycles. The molecule has 0 saturated carbocycles. The Morgan fingerprint density at radius 2 is 1.43 bits per heavy atom. The SMILES string of the molecule is CCCCCCCCCCCCCCOc1ccc(CC(=O)Nc2ccccc2C[n+]2ccc(C)c(C)c2)cc1C(C)(C)C. The number of hydrogen-bond donors (Lipinski definition) is 1. The third-order valence-corrected chi connectivity index (χ3v) is 8.61. The number of amides is 1. The lowest BCUT2D eigenvalue weighted by Gasteiger charge is -2.24. The van der Waals surface area contributed by atoms with Crippen molar-refractivity contribution in [1.29, 1.82) is 0 Å². The molecule has 0 spiro atoms. The number of aromatic nitrogens is 1. The van der Waals surface area contributed by atoms with Gasteiger partial charge in [-0.2, -0.15) is 0 Å². The summed E-state index contributed by atoms with van der Waals surface area (Å²) in [7, 11) is 0. The molecule has 240 valence electrons. The van der Waals surface area contributed by atoms with Crippen LogP contribution in [0.1, 0.15) is 133 Å². The van der Waals surface area contributed by atoms with E-state index in [1.165, 1.54) is 81.8 Å². The summed E-state index contributed by atoms with van der Waals surface area (Å²) in [5, 5.41) is 3.17. The Hall–Kier alpha value is -3.14. The van der Waals surface area contributed by atoms with E-state index in [2.05, 4.69) is 88.1 Å². The molecule has 0 unspecified atom stereocenters. The van der Waals surface area contributed by atoms with Crippen molar-refractivity contribution < 1.29 is 14.1 Å². The van der Waals surface area contributed by atoms with Crippen molar-refractivity contribution in [1.82, 2.24) is 0 Å². The normalized spacial score (nSPS) is 11.5. The summed E-state index contributed by atoms with van der Waals surface area (Å²) in [5.74, 6) is 0.938. The number of hydrogen-bond acceptors (Lipinski definition) is 2. The average molecular weight is 600 g/mol. The van der Waals surface area contributed by atoms with Crippen LogP contribution in [-0.2, 0) is 23.2 Å². The Morgan fingerprint density at radius 1 is 0.795 bits per heavy atom. The standard InChI is InChI=1S/C40H58N2O2/c1-7-8-9-10-11-12-13-14-15-16-17-20-27-44-38-24-23-34(28-36(38)40(4,5)6)29-39(43)41-37-22-19-18-21-35(37)31-42-26-25-32(2)33(3)30-42/h18-19,21-26,28,30H,7-17,20,27,29,31H2,1-6H3/p+1. The second kappa shape index (κ2) is 18.6. The molecule has 3 aromatic rings. The number of rotatable bonds is 19. The van der Waals surface area contributed by atoms with Crippen molar-refractivity contribution in [3.8, 4) is 5.75 Å². The van der Waals surface area contributed by atoms with E-state index in [0.29, 0.717) is 13.0 Å². The fourth-order valence-electron chi connectivity index (χ4n) is 5.71. The first-order chi connectivity index (χ1) is 21.2. The number of benzene rings is 2. The van der Waals surface area contributed by atoms with Crippen molar-refractivity contribution >= 4 is 11.6 Å². The molecule has 1 amide bonds. The summed E-state index contributed by atoms with van der Waals surface area (Å²) in [6.45, 7) is 14.6. The zero-order valence-electron chi connectivity index (χ0n) is 28.6. The van der Waals surface area contributed by atoms with E-state index in [4.69, 9.17) is 4.74 Å². The first-order valence-electron chi connectivity index (χ1n) is 17.3. The van der Waals surface area contributed by atoms with Crippen molar-refractivity contribution in [3.05, 3.63) is 88.7 Å². The van der Waals surface area contributed by atoms with Gasteiger partial charge in [-0.15, -0.1) is 0 Å². The molecule has 2 aromatic carbocycles. The van der Waals surface area contributed by atoms with Crippen LogP contribution in [0.5, 0.6) is 5.75 Å². The quantitative estimate of drug-likeness (QED) is 0.110. The van der Waals surface area contributed by atoms with Crippen LogP contribution < -0.4 is 14.6 Å². The minimum atomic E-state index is -0.0750. The second-order valence-electron chi connectivity index (χ2n) is 13.7. The summed E-state index contributed by atoms with van der Waals surface area (Å²) >= 11 is 0. The summed E-state index contributed by atoms with van der Waals surface area (Å²) in [6, 6.07) is 16.5. The van der Waals surface area contributed by atoms with Crippen LogP contribution in [0.15, 0.2) is 60.9 Å². The second-order valence-corrected chi connectivity index (χ2v) is 13.7. The summed E-state index contributed by atoms with van der Waals surface area (Å²) in [6.07, 6.45) is 20.7. The Kier molecular flexibility index (Phi) is 15.0. The van der Waals surface area contributed by atoms with Gasteiger partial charge in [-0.1, -0.05) is 129 Å². The molecule has 0 atom stereocenters. The van der Waals surface area contributed by atoms with Gasteiger partial charge in [-0.3, -0.25) is 4.79 Å². The number of anilines is 1. The summed E-state index contributed by atoms with van der Waals surface area (Å²) in [4.78, 5) is 13.2. The van der Waals surface area contributed by atoms with Gasteiger partial charge in [0.05, 0.1) is 18.7 Å². The lowest BCUT2D eigenvalue weighted by atomic mass is 9.85. The van der Waals surface area contributed by atoms with Gasteiger partial charge < -0.3 is 10.1 Å². The van der Waals surface area contributed by atoms with Crippen molar-refractivity contribution in [2.45, 2.75) is 137 Å². The van der Waals surface area contributed by atoms with Crippen LogP contribution in [0.25, 0.3) is 0 Å². The zero-order valence-corrected chi connectivity index (χ0v) is 28.6. The topological polar surface area (TPSA) is 42.2 Å².